The zero-order chi connectivity index (χ0) is 18.1. The molecular formula is C20H33IN4O. The molecule has 0 aliphatic heterocycles. The molecule has 5 nitrogen and oxygen atoms in total. The Morgan fingerprint density at radius 3 is 2.62 bits per heavy atom. The van der Waals surface area contributed by atoms with E-state index in [-0.39, 0.29) is 24.0 Å². The van der Waals surface area contributed by atoms with Crippen molar-refractivity contribution in [2.75, 3.05) is 26.7 Å². The van der Waals surface area contributed by atoms with E-state index in [1.165, 1.54) is 6.42 Å². The van der Waals surface area contributed by atoms with Crippen molar-refractivity contribution in [2.45, 2.75) is 46.2 Å². The number of rotatable bonds is 9. The highest BCUT2D eigenvalue weighted by Gasteiger charge is 2.08. The molecule has 2 N–H and O–H groups in total. The molecule has 0 fully saturated rings. The van der Waals surface area contributed by atoms with Gasteiger partial charge >= 0.3 is 0 Å². The van der Waals surface area contributed by atoms with E-state index in [0.717, 1.165) is 48.7 Å². The minimum atomic E-state index is 0. The number of guanidine groups is 1. The van der Waals surface area contributed by atoms with Crippen molar-refractivity contribution >= 4 is 40.9 Å². The van der Waals surface area contributed by atoms with Gasteiger partial charge in [0.05, 0.1) is 6.54 Å². The van der Waals surface area contributed by atoms with Crippen LogP contribution in [-0.4, -0.2) is 43.6 Å². The van der Waals surface area contributed by atoms with Crippen LogP contribution in [0.2, 0.25) is 0 Å². The molecule has 1 unspecified atom stereocenters. The summed E-state index contributed by atoms with van der Waals surface area (Å²) in [6.45, 7) is 10.7. The molecule has 1 aromatic heterocycles. The van der Waals surface area contributed by atoms with Gasteiger partial charge in [0.25, 0.3) is 0 Å². The first-order valence-corrected chi connectivity index (χ1v) is 9.33. The van der Waals surface area contributed by atoms with Crippen LogP contribution in [0.25, 0.3) is 11.0 Å². The fourth-order valence-corrected chi connectivity index (χ4v) is 2.96. The van der Waals surface area contributed by atoms with Crippen LogP contribution in [0.1, 0.15) is 39.4 Å². The molecule has 0 aliphatic carbocycles. The highest BCUT2D eigenvalue weighted by Crippen LogP contribution is 2.18. The standard InChI is InChI=1S/C20H32N4O.HI/c1-5-24(6-2)13-9-10-16(3)23-20(21-4)22-15-18-14-17-11-7-8-12-19(17)25-18;/h7-8,11-12,14,16H,5-6,9-10,13,15H2,1-4H3,(H2,21,22,23);1H. The summed E-state index contributed by atoms with van der Waals surface area (Å²) in [5, 5.41) is 7.92. The van der Waals surface area contributed by atoms with Gasteiger partial charge in [0.2, 0.25) is 0 Å². The fraction of sp³-hybridized carbons (Fsp3) is 0.550. The first-order valence-electron chi connectivity index (χ1n) is 9.33. The van der Waals surface area contributed by atoms with E-state index >= 15 is 0 Å². The van der Waals surface area contributed by atoms with Crippen LogP contribution in [-0.2, 0) is 6.54 Å². The normalized spacial score (nSPS) is 12.9. The van der Waals surface area contributed by atoms with Crippen LogP contribution in [0, 0.1) is 0 Å². The van der Waals surface area contributed by atoms with Gasteiger partial charge in [0, 0.05) is 18.5 Å². The summed E-state index contributed by atoms with van der Waals surface area (Å²) in [5.74, 6) is 1.73. The summed E-state index contributed by atoms with van der Waals surface area (Å²) in [6, 6.07) is 10.5. The molecule has 0 spiro atoms. The predicted octanol–water partition coefficient (Wildman–Crippen LogP) is 4.23. The van der Waals surface area contributed by atoms with E-state index in [2.05, 4.69) is 53.4 Å². The van der Waals surface area contributed by atoms with Gasteiger partial charge in [-0.25, -0.2) is 0 Å². The number of nitrogens with one attached hydrogen (secondary N) is 2. The van der Waals surface area contributed by atoms with Crippen LogP contribution in [0.4, 0.5) is 0 Å². The van der Waals surface area contributed by atoms with E-state index in [1.807, 2.05) is 18.2 Å². The van der Waals surface area contributed by atoms with Crippen molar-refractivity contribution in [3.8, 4) is 0 Å². The van der Waals surface area contributed by atoms with Crippen LogP contribution in [0.3, 0.4) is 0 Å². The number of halogens is 1. The molecule has 2 aromatic rings. The lowest BCUT2D eigenvalue weighted by Crippen LogP contribution is -2.42. The molecule has 6 heteroatoms. The van der Waals surface area contributed by atoms with Gasteiger partial charge in [-0.2, -0.15) is 0 Å². The van der Waals surface area contributed by atoms with E-state index in [0.29, 0.717) is 12.6 Å². The second-order valence-electron chi connectivity index (χ2n) is 6.39. The van der Waals surface area contributed by atoms with Crippen molar-refractivity contribution in [3.05, 3.63) is 36.1 Å². The molecule has 26 heavy (non-hydrogen) atoms. The molecule has 0 amide bonds. The van der Waals surface area contributed by atoms with Gasteiger partial charge in [0.15, 0.2) is 5.96 Å². The quantitative estimate of drug-likeness (QED) is 0.326. The third-order valence-electron chi connectivity index (χ3n) is 4.52. The Bertz CT molecular complexity index is 634. The van der Waals surface area contributed by atoms with Crippen molar-refractivity contribution in [2.24, 2.45) is 4.99 Å². The number of furan rings is 1. The van der Waals surface area contributed by atoms with Crippen molar-refractivity contribution in [1.29, 1.82) is 0 Å². The Morgan fingerprint density at radius 1 is 1.23 bits per heavy atom. The second kappa shape index (κ2) is 12.2. The van der Waals surface area contributed by atoms with E-state index in [9.17, 15) is 0 Å². The van der Waals surface area contributed by atoms with Crippen LogP contribution in [0.15, 0.2) is 39.7 Å². The number of hydrogen-bond acceptors (Lipinski definition) is 3. The maximum absolute atomic E-state index is 5.83. The molecule has 0 saturated heterocycles. The average molecular weight is 472 g/mol. The van der Waals surface area contributed by atoms with Gasteiger partial charge < -0.3 is 20.0 Å². The SMILES string of the molecule is CCN(CC)CCCC(C)NC(=NC)NCc1cc2ccccc2o1.I. The number of benzene rings is 1. The summed E-state index contributed by atoms with van der Waals surface area (Å²) in [6.07, 6.45) is 2.32. The van der Waals surface area contributed by atoms with Crippen molar-refractivity contribution < 1.29 is 4.42 Å². The number of nitrogens with zero attached hydrogens (tertiary/aromatic N) is 2. The van der Waals surface area contributed by atoms with Crippen LogP contribution < -0.4 is 10.6 Å². The summed E-state index contributed by atoms with van der Waals surface area (Å²) in [7, 11) is 1.80. The Labute approximate surface area is 174 Å². The topological polar surface area (TPSA) is 52.8 Å². The lowest BCUT2D eigenvalue weighted by molar-refractivity contribution is 0.292. The van der Waals surface area contributed by atoms with Gasteiger partial charge in [-0.05, 0) is 51.5 Å². The lowest BCUT2D eigenvalue weighted by atomic mass is 10.2. The summed E-state index contributed by atoms with van der Waals surface area (Å²) < 4.78 is 5.83. The maximum Gasteiger partial charge on any atom is 0.191 e. The largest absolute Gasteiger partial charge is 0.459 e. The minimum absolute atomic E-state index is 0. The van der Waals surface area contributed by atoms with E-state index < -0.39 is 0 Å². The number of hydrogen-bond donors (Lipinski definition) is 2. The average Bonchev–Trinajstić information content (AvgIpc) is 3.05. The number of fused-ring (bicyclic) bond motifs is 1. The van der Waals surface area contributed by atoms with Gasteiger partial charge in [-0.15, -0.1) is 24.0 Å². The van der Waals surface area contributed by atoms with Crippen molar-refractivity contribution in [3.63, 3.8) is 0 Å². The number of para-hydroxylation sites is 1. The molecule has 1 aromatic carbocycles. The summed E-state index contributed by atoms with van der Waals surface area (Å²) in [4.78, 5) is 6.77. The van der Waals surface area contributed by atoms with Gasteiger partial charge in [0.1, 0.15) is 11.3 Å². The zero-order valence-corrected chi connectivity index (χ0v) is 18.7. The fourth-order valence-electron chi connectivity index (χ4n) is 2.96. The van der Waals surface area contributed by atoms with Crippen LogP contribution >= 0.6 is 24.0 Å². The Kier molecular flexibility index (Phi) is 10.7. The lowest BCUT2D eigenvalue weighted by Gasteiger charge is -2.21. The first kappa shape index (κ1) is 22.8. The molecule has 1 atom stereocenters. The van der Waals surface area contributed by atoms with Gasteiger partial charge in [-0.3, -0.25) is 4.99 Å². The molecule has 1 heterocycles. The Balaban J connectivity index is 0.00000338. The zero-order valence-electron chi connectivity index (χ0n) is 16.4. The Hall–Kier alpha value is -1.28. The molecule has 0 radical (unpaired) electrons. The summed E-state index contributed by atoms with van der Waals surface area (Å²) in [5.41, 5.74) is 0.923. The van der Waals surface area contributed by atoms with Gasteiger partial charge in [-0.1, -0.05) is 32.0 Å². The molecule has 0 saturated carbocycles. The highest BCUT2D eigenvalue weighted by atomic mass is 127. The first-order chi connectivity index (χ1) is 12.2. The molecule has 0 bridgehead atoms. The van der Waals surface area contributed by atoms with Crippen molar-refractivity contribution in [1.82, 2.24) is 15.5 Å². The maximum atomic E-state index is 5.83. The Morgan fingerprint density at radius 2 is 1.96 bits per heavy atom. The summed E-state index contributed by atoms with van der Waals surface area (Å²) >= 11 is 0. The highest BCUT2D eigenvalue weighted by molar-refractivity contribution is 14.0. The van der Waals surface area contributed by atoms with E-state index in [1.54, 1.807) is 7.05 Å². The number of aliphatic imine (C=N–C) groups is 1. The monoisotopic (exact) mass is 472 g/mol. The third-order valence-corrected chi connectivity index (χ3v) is 4.52. The van der Waals surface area contributed by atoms with Crippen LogP contribution in [0.5, 0.6) is 0 Å². The molecule has 2 rings (SSSR count). The predicted molar refractivity (Wildman–Crippen MR) is 121 cm³/mol. The van der Waals surface area contributed by atoms with E-state index in [4.69, 9.17) is 4.42 Å². The molecule has 0 aliphatic rings. The minimum Gasteiger partial charge on any atom is -0.459 e. The smallest absolute Gasteiger partial charge is 0.191 e. The molecule has 146 valence electrons. The third kappa shape index (κ3) is 7.15. The molecular weight excluding hydrogens is 439 g/mol. The second-order valence-corrected chi connectivity index (χ2v) is 6.39.